The first-order valence-corrected chi connectivity index (χ1v) is 7.07. The van der Waals surface area contributed by atoms with Crippen LogP contribution in [0.3, 0.4) is 0 Å². The molecule has 0 amide bonds. The maximum atomic E-state index is 12.6. The Bertz CT molecular complexity index is 1010. The smallest absolute Gasteiger partial charge is 0.282 e. The van der Waals surface area contributed by atoms with Crippen molar-refractivity contribution in [2.75, 3.05) is 0 Å². The van der Waals surface area contributed by atoms with E-state index in [0.29, 0.717) is 16.9 Å². The second kappa shape index (κ2) is 4.53. The zero-order valence-electron chi connectivity index (χ0n) is 12.3. The van der Waals surface area contributed by atoms with Gasteiger partial charge in [0.25, 0.3) is 5.56 Å². The molecule has 1 aromatic heterocycles. The maximum absolute atomic E-state index is 12.6. The second-order valence-corrected chi connectivity index (χ2v) is 5.47. The van der Waals surface area contributed by atoms with Crippen molar-refractivity contribution in [1.29, 1.82) is 0 Å². The molecule has 5 nitrogen and oxygen atoms in total. The summed E-state index contributed by atoms with van der Waals surface area (Å²) < 4.78 is 1.41. The number of benzene rings is 1. The first kappa shape index (κ1) is 12.8. The molecule has 2 aliphatic heterocycles. The van der Waals surface area contributed by atoms with Crippen LogP contribution in [0, 0.1) is 13.8 Å². The fraction of sp³-hybridized carbons (Fsp3) is 0.118. The minimum atomic E-state index is -0.139. The highest BCUT2D eigenvalue weighted by Gasteiger charge is 2.18. The quantitative estimate of drug-likeness (QED) is 0.586. The zero-order valence-corrected chi connectivity index (χ0v) is 12.3. The van der Waals surface area contributed by atoms with Crippen LogP contribution in [0.15, 0.2) is 47.5 Å². The van der Waals surface area contributed by atoms with E-state index < -0.39 is 0 Å². The maximum Gasteiger partial charge on any atom is 0.282 e. The van der Waals surface area contributed by atoms with Crippen molar-refractivity contribution in [3.63, 3.8) is 0 Å². The number of rotatable bonds is 1. The molecule has 0 unspecified atom stereocenters. The Balaban J connectivity index is 2.03. The standard InChI is InChI=1S/C17H14N4O/c1-10-3-6-13-15(7-10)19-9-14-16(13)20-21(17(14)22)12-5-4-11(2)18-8-12/h3-9,19H,1-2H3. The van der Waals surface area contributed by atoms with E-state index in [-0.39, 0.29) is 5.56 Å². The minimum Gasteiger partial charge on any atom is -0.360 e. The highest BCUT2D eigenvalue weighted by atomic mass is 16.1. The second-order valence-electron chi connectivity index (χ2n) is 5.47. The number of aryl methyl sites for hydroxylation is 2. The number of pyridine rings is 2. The highest BCUT2D eigenvalue weighted by molar-refractivity contribution is 5.93. The molecule has 4 rings (SSSR count). The predicted octanol–water partition coefficient (Wildman–Crippen LogP) is 2.83. The Kier molecular flexibility index (Phi) is 2.63. The number of nitrogens with one attached hydrogen (secondary N) is 1. The van der Waals surface area contributed by atoms with Crippen LogP contribution in [0.4, 0.5) is 0 Å². The van der Waals surface area contributed by atoms with Crippen LogP contribution in [0.5, 0.6) is 0 Å². The van der Waals surface area contributed by atoms with Gasteiger partial charge >= 0.3 is 0 Å². The molecule has 22 heavy (non-hydrogen) atoms. The Morgan fingerprint density at radius 2 is 2.00 bits per heavy atom. The van der Waals surface area contributed by atoms with Gasteiger partial charge in [-0.2, -0.15) is 9.78 Å². The van der Waals surface area contributed by atoms with E-state index in [0.717, 1.165) is 22.2 Å². The fourth-order valence-corrected chi connectivity index (χ4v) is 2.64. The van der Waals surface area contributed by atoms with Gasteiger partial charge in [0.15, 0.2) is 0 Å². The summed E-state index contributed by atoms with van der Waals surface area (Å²) in [5, 5.41) is 5.46. The van der Waals surface area contributed by atoms with Crippen molar-refractivity contribution in [3.05, 3.63) is 64.3 Å². The third kappa shape index (κ3) is 1.83. The van der Waals surface area contributed by atoms with Crippen LogP contribution < -0.4 is 5.56 Å². The summed E-state index contributed by atoms with van der Waals surface area (Å²) in [7, 11) is 0. The molecule has 0 saturated heterocycles. The molecule has 3 heterocycles. The molecule has 0 bridgehead atoms. The summed E-state index contributed by atoms with van der Waals surface area (Å²) in [6.45, 7) is 3.94. The molecule has 0 aliphatic carbocycles. The Labute approximate surface area is 126 Å². The fourth-order valence-electron chi connectivity index (χ4n) is 2.64. The molecular formula is C17H14N4O. The number of aromatic nitrogens is 4. The average molecular weight is 290 g/mol. The van der Waals surface area contributed by atoms with Crippen molar-refractivity contribution >= 4 is 10.9 Å². The third-order valence-corrected chi connectivity index (χ3v) is 3.82. The lowest BCUT2D eigenvalue weighted by Crippen LogP contribution is -2.14. The zero-order chi connectivity index (χ0) is 15.3. The van der Waals surface area contributed by atoms with Gasteiger partial charge in [0.1, 0.15) is 5.69 Å². The van der Waals surface area contributed by atoms with Crippen LogP contribution in [0.25, 0.3) is 27.8 Å². The molecule has 5 heteroatoms. The molecule has 0 saturated carbocycles. The number of H-pyrrole nitrogens is 1. The van der Waals surface area contributed by atoms with Crippen molar-refractivity contribution in [3.8, 4) is 16.9 Å². The van der Waals surface area contributed by atoms with Gasteiger partial charge in [-0.3, -0.25) is 9.78 Å². The van der Waals surface area contributed by atoms with E-state index in [1.54, 1.807) is 12.4 Å². The lowest BCUT2D eigenvalue weighted by atomic mass is 10.1. The predicted molar refractivity (Wildman–Crippen MR) is 85.6 cm³/mol. The highest BCUT2D eigenvalue weighted by Crippen LogP contribution is 2.26. The van der Waals surface area contributed by atoms with Crippen LogP contribution in [-0.4, -0.2) is 19.7 Å². The van der Waals surface area contributed by atoms with E-state index in [9.17, 15) is 4.79 Å². The minimum absolute atomic E-state index is 0.139. The molecule has 1 aromatic carbocycles. The lowest BCUT2D eigenvalue weighted by Gasteiger charge is -2.03. The number of nitrogens with zero attached hydrogens (tertiary/aromatic N) is 3. The number of aromatic amines is 1. The lowest BCUT2D eigenvalue weighted by molar-refractivity contribution is 0.851. The largest absolute Gasteiger partial charge is 0.360 e. The summed E-state index contributed by atoms with van der Waals surface area (Å²) in [6.07, 6.45) is 3.39. The average Bonchev–Trinajstić information content (AvgIpc) is 2.85. The summed E-state index contributed by atoms with van der Waals surface area (Å²) in [4.78, 5) is 20.0. The van der Waals surface area contributed by atoms with E-state index in [1.165, 1.54) is 4.68 Å². The summed E-state index contributed by atoms with van der Waals surface area (Å²) >= 11 is 0. The van der Waals surface area contributed by atoms with Gasteiger partial charge in [0, 0.05) is 22.8 Å². The molecular weight excluding hydrogens is 276 g/mol. The van der Waals surface area contributed by atoms with Crippen LogP contribution in [0.2, 0.25) is 0 Å². The van der Waals surface area contributed by atoms with Crippen molar-refractivity contribution < 1.29 is 0 Å². The van der Waals surface area contributed by atoms with Gasteiger partial charge < -0.3 is 4.98 Å². The third-order valence-electron chi connectivity index (χ3n) is 3.82. The molecule has 0 fully saturated rings. The first-order valence-electron chi connectivity index (χ1n) is 7.07. The van der Waals surface area contributed by atoms with Crippen LogP contribution in [-0.2, 0) is 0 Å². The number of hydrogen-bond donors (Lipinski definition) is 1. The first-order chi connectivity index (χ1) is 10.6. The molecule has 1 N–H and O–H groups in total. The Morgan fingerprint density at radius 1 is 1.14 bits per heavy atom. The van der Waals surface area contributed by atoms with Crippen LogP contribution >= 0.6 is 0 Å². The van der Waals surface area contributed by atoms with Gasteiger partial charge in [-0.15, -0.1) is 0 Å². The van der Waals surface area contributed by atoms with Gasteiger partial charge in [0.05, 0.1) is 17.4 Å². The summed E-state index contributed by atoms with van der Waals surface area (Å²) in [6, 6.07) is 9.78. The monoisotopic (exact) mass is 290 g/mol. The van der Waals surface area contributed by atoms with Gasteiger partial charge in [-0.25, -0.2) is 0 Å². The number of hydrogen-bond acceptors (Lipinski definition) is 3. The van der Waals surface area contributed by atoms with E-state index >= 15 is 0 Å². The molecule has 2 aliphatic rings. The Hall–Kier alpha value is -2.95. The van der Waals surface area contributed by atoms with Gasteiger partial charge in [-0.1, -0.05) is 12.1 Å². The molecule has 0 radical (unpaired) electrons. The molecule has 0 atom stereocenters. The molecule has 108 valence electrons. The van der Waals surface area contributed by atoms with Crippen molar-refractivity contribution in [1.82, 2.24) is 19.7 Å². The van der Waals surface area contributed by atoms with Crippen molar-refractivity contribution in [2.24, 2.45) is 0 Å². The van der Waals surface area contributed by atoms with Gasteiger partial charge in [-0.05, 0) is 37.6 Å². The topological polar surface area (TPSA) is 63.6 Å². The molecule has 0 spiro atoms. The molecule has 2 aromatic rings. The Morgan fingerprint density at radius 3 is 2.77 bits per heavy atom. The van der Waals surface area contributed by atoms with E-state index in [2.05, 4.69) is 15.1 Å². The number of fused-ring (bicyclic) bond motifs is 3. The summed E-state index contributed by atoms with van der Waals surface area (Å²) in [5.41, 5.74) is 4.86. The summed E-state index contributed by atoms with van der Waals surface area (Å²) in [5.74, 6) is 0. The normalized spacial score (nSPS) is 11.4. The van der Waals surface area contributed by atoms with Crippen LogP contribution in [0.1, 0.15) is 11.3 Å². The van der Waals surface area contributed by atoms with Gasteiger partial charge in [0.2, 0.25) is 0 Å². The van der Waals surface area contributed by atoms with Crippen molar-refractivity contribution in [2.45, 2.75) is 13.8 Å². The SMILES string of the molecule is Cc1ccc2c3nn(-c4ccc(C)nc4)c(=O)c-3c[nH]c2c1. The van der Waals surface area contributed by atoms with E-state index in [1.807, 2.05) is 44.2 Å². The van der Waals surface area contributed by atoms with E-state index in [4.69, 9.17) is 0 Å².